The second kappa shape index (κ2) is 9.17. The summed E-state index contributed by atoms with van der Waals surface area (Å²) in [5.74, 6) is -0.811. The number of hydrogen-bond donors (Lipinski definition) is 0. The van der Waals surface area contributed by atoms with Crippen LogP contribution in [0.4, 0.5) is 10.2 Å². The van der Waals surface area contributed by atoms with Gasteiger partial charge in [0.15, 0.2) is 11.5 Å². The fourth-order valence-corrected chi connectivity index (χ4v) is 5.17. The molecule has 8 nitrogen and oxygen atoms in total. The Morgan fingerprint density at radius 1 is 1.03 bits per heavy atom. The molecular weight excluding hydrogens is 435 g/mol. The van der Waals surface area contributed by atoms with Crippen LogP contribution in [0.25, 0.3) is 11.0 Å². The highest BCUT2D eigenvalue weighted by Crippen LogP contribution is 2.25. The molecular formula is C22H23FN4O4S. The number of halogens is 1. The van der Waals surface area contributed by atoms with Crippen molar-refractivity contribution in [1.29, 1.82) is 0 Å². The van der Waals surface area contributed by atoms with Gasteiger partial charge in [-0.15, -0.1) is 0 Å². The minimum Gasteiger partial charge on any atom is -0.461 e. The average molecular weight is 459 g/mol. The Labute approximate surface area is 185 Å². The number of rotatable bonds is 5. The van der Waals surface area contributed by atoms with E-state index in [-0.39, 0.29) is 30.3 Å². The topological polar surface area (TPSA) is 92.7 Å². The summed E-state index contributed by atoms with van der Waals surface area (Å²) in [6.45, 7) is 3.13. The number of anilines is 1. The second-order valence-electron chi connectivity index (χ2n) is 7.31. The van der Waals surface area contributed by atoms with Gasteiger partial charge in [-0.3, -0.25) is 0 Å². The molecule has 32 heavy (non-hydrogen) atoms. The number of sulfonamides is 1. The fourth-order valence-electron chi connectivity index (χ4n) is 3.67. The Bertz CT molecular complexity index is 1250. The number of para-hydroxylation sites is 2. The van der Waals surface area contributed by atoms with Gasteiger partial charge in [-0.25, -0.2) is 27.6 Å². The van der Waals surface area contributed by atoms with Crippen LogP contribution in [0.1, 0.15) is 23.8 Å². The highest BCUT2D eigenvalue weighted by molar-refractivity contribution is 7.89. The highest BCUT2D eigenvalue weighted by atomic mass is 32.2. The molecule has 0 aliphatic carbocycles. The Hall–Kier alpha value is -3.11. The first-order chi connectivity index (χ1) is 15.4. The number of nitrogens with zero attached hydrogens (tertiary/aromatic N) is 4. The zero-order chi connectivity index (χ0) is 22.7. The van der Waals surface area contributed by atoms with Crippen LogP contribution in [0, 0.1) is 5.82 Å². The number of ether oxygens (including phenoxy) is 1. The normalized spacial score (nSPS) is 15.5. The Morgan fingerprint density at radius 2 is 1.78 bits per heavy atom. The minimum atomic E-state index is -3.84. The van der Waals surface area contributed by atoms with E-state index >= 15 is 0 Å². The third-order valence-corrected chi connectivity index (χ3v) is 7.10. The number of aromatic nitrogens is 2. The standard InChI is InChI=1S/C22H23FN4O4S/c1-2-31-22(28)20-21(25-19-10-4-3-9-18(19)24-20)26-11-6-12-27(14-13-26)32(29,30)17-8-5-7-16(23)15-17/h3-5,7-10,15H,2,6,11-14H2,1H3. The first kappa shape index (κ1) is 22.1. The van der Waals surface area contributed by atoms with Crippen LogP contribution in [-0.4, -0.2) is 61.4 Å². The third kappa shape index (κ3) is 4.42. The maximum absolute atomic E-state index is 13.6. The first-order valence-corrected chi connectivity index (χ1v) is 11.8. The van der Waals surface area contributed by atoms with Crippen LogP contribution in [0.15, 0.2) is 53.4 Å². The molecule has 0 unspecified atom stereocenters. The van der Waals surface area contributed by atoms with Crippen molar-refractivity contribution < 1.29 is 22.3 Å². The van der Waals surface area contributed by atoms with E-state index < -0.39 is 21.8 Å². The van der Waals surface area contributed by atoms with Gasteiger partial charge in [-0.1, -0.05) is 18.2 Å². The Balaban J connectivity index is 1.64. The quantitative estimate of drug-likeness (QED) is 0.543. The fraction of sp³-hybridized carbons (Fsp3) is 0.318. The van der Waals surface area contributed by atoms with Gasteiger partial charge in [-0.2, -0.15) is 4.31 Å². The summed E-state index contributed by atoms with van der Waals surface area (Å²) in [5.41, 5.74) is 1.31. The number of esters is 1. The molecule has 0 N–H and O–H groups in total. The molecule has 0 atom stereocenters. The largest absolute Gasteiger partial charge is 0.461 e. The Morgan fingerprint density at radius 3 is 2.50 bits per heavy atom. The van der Waals surface area contributed by atoms with Crippen molar-refractivity contribution in [2.45, 2.75) is 18.2 Å². The van der Waals surface area contributed by atoms with E-state index in [1.807, 2.05) is 17.0 Å². The van der Waals surface area contributed by atoms with Gasteiger partial charge in [0.25, 0.3) is 0 Å². The molecule has 2 heterocycles. The smallest absolute Gasteiger partial charge is 0.360 e. The molecule has 1 aromatic heterocycles. The van der Waals surface area contributed by atoms with Gasteiger partial charge in [0.05, 0.1) is 22.5 Å². The summed E-state index contributed by atoms with van der Waals surface area (Å²) in [4.78, 5) is 23.5. The van der Waals surface area contributed by atoms with Gasteiger partial charge in [-0.05, 0) is 43.7 Å². The van der Waals surface area contributed by atoms with Crippen LogP contribution < -0.4 is 4.90 Å². The maximum Gasteiger partial charge on any atom is 0.360 e. The van der Waals surface area contributed by atoms with Crippen molar-refractivity contribution in [2.75, 3.05) is 37.7 Å². The SMILES string of the molecule is CCOC(=O)c1nc2ccccc2nc1N1CCCN(S(=O)(=O)c2cccc(F)c2)CC1. The molecule has 1 saturated heterocycles. The van der Waals surface area contributed by atoms with Crippen molar-refractivity contribution in [2.24, 2.45) is 0 Å². The molecule has 0 amide bonds. The number of carbonyl (C=O) groups is 1. The molecule has 1 fully saturated rings. The predicted octanol–water partition coefficient (Wildman–Crippen LogP) is 2.85. The zero-order valence-corrected chi connectivity index (χ0v) is 18.4. The lowest BCUT2D eigenvalue weighted by molar-refractivity contribution is 0.0520. The summed E-state index contributed by atoms with van der Waals surface area (Å²) in [6.07, 6.45) is 0.505. The van der Waals surface area contributed by atoms with E-state index in [1.165, 1.54) is 22.5 Å². The van der Waals surface area contributed by atoms with E-state index in [0.717, 1.165) is 6.07 Å². The van der Waals surface area contributed by atoms with Crippen LogP contribution >= 0.6 is 0 Å². The lowest BCUT2D eigenvalue weighted by Gasteiger charge is -2.24. The van der Waals surface area contributed by atoms with E-state index in [0.29, 0.717) is 36.4 Å². The molecule has 0 radical (unpaired) electrons. The van der Waals surface area contributed by atoms with Crippen molar-refractivity contribution in [3.05, 3.63) is 60.0 Å². The maximum atomic E-state index is 13.6. The van der Waals surface area contributed by atoms with Crippen LogP contribution in [0.2, 0.25) is 0 Å². The molecule has 1 aliphatic rings. The first-order valence-electron chi connectivity index (χ1n) is 10.3. The highest BCUT2D eigenvalue weighted by Gasteiger charge is 2.29. The predicted molar refractivity (Wildman–Crippen MR) is 117 cm³/mol. The molecule has 0 bridgehead atoms. The van der Waals surface area contributed by atoms with Crippen LogP contribution in [-0.2, 0) is 14.8 Å². The minimum absolute atomic E-state index is 0.0799. The van der Waals surface area contributed by atoms with E-state index in [2.05, 4.69) is 9.97 Å². The van der Waals surface area contributed by atoms with Crippen molar-refractivity contribution >= 4 is 32.8 Å². The van der Waals surface area contributed by atoms with Gasteiger partial charge < -0.3 is 9.64 Å². The summed E-state index contributed by atoms with van der Waals surface area (Å²) in [6, 6.07) is 12.2. The van der Waals surface area contributed by atoms with Crippen molar-refractivity contribution in [3.63, 3.8) is 0 Å². The number of fused-ring (bicyclic) bond motifs is 1. The molecule has 168 valence electrons. The summed E-state index contributed by atoms with van der Waals surface area (Å²) < 4.78 is 46.1. The van der Waals surface area contributed by atoms with Gasteiger partial charge in [0.1, 0.15) is 5.82 Å². The molecule has 4 rings (SSSR count). The van der Waals surface area contributed by atoms with Crippen molar-refractivity contribution in [3.8, 4) is 0 Å². The average Bonchev–Trinajstić information content (AvgIpc) is 3.05. The van der Waals surface area contributed by atoms with E-state index in [9.17, 15) is 17.6 Å². The Kier molecular flexibility index (Phi) is 6.33. The van der Waals surface area contributed by atoms with E-state index in [1.54, 1.807) is 19.1 Å². The second-order valence-corrected chi connectivity index (χ2v) is 9.25. The van der Waals surface area contributed by atoms with Gasteiger partial charge >= 0.3 is 5.97 Å². The zero-order valence-electron chi connectivity index (χ0n) is 17.6. The monoisotopic (exact) mass is 458 g/mol. The lowest BCUT2D eigenvalue weighted by Crippen LogP contribution is -2.36. The summed E-state index contributed by atoms with van der Waals surface area (Å²) >= 11 is 0. The van der Waals surface area contributed by atoms with Crippen LogP contribution in [0.5, 0.6) is 0 Å². The summed E-state index contributed by atoms with van der Waals surface area (Å²) in [7, 11) is -3.84. The van der Waals surface area contributed by atoms with Gasteiger partial charge in [0.2, 0.25) is 10.0 Å². The third-order valence-electron chi connectivity index (χ3n) is 5.21. The molecule has 0 spiro atoms. The number of hydrogen-bond acceptors (Lipinski definition) is 7. The lowest BCUT2D eigenvalue weighted by atomic mass is 10.2. The molecule has 0 saturated carbocycles. The molecule has 10 heteroatoms. The molecule has 2 aromatic carbocycles. The number of benzene rings is 2. The molecule has 3 aromatic rings. The van der Waals surface area contributed by atoms with Crippen molar-refractivity contribution in [1.82, 2.24) is 14.3 Å². The number of carbonyl (C=O) groups excluding carboxylic acids is 1. The summed E-state index contributed by atoms with van der Waals surface area (Å²) in [5, 5.41) is 0. The van der Waals surface area contributed by atoms with Crippen LogP contribution in [0.3, 0.4) is 0 Å². The van der Waals surface area contributed by atoms with E-state index in [4.69, 9.17) is 4.74 Å². The molecule has 1 aliphatic heterocycles. The van der Waals surface area contributed by atoms with Gasteiger partial charge in [0, 0.05) is 26.2 Å².